The maximum Gasteiger partial charge on any atom is 0.190 e. The van der Waals surface area contributed by atoms with Crippen molar-refractivity contribution in [2.45, 2.75) is 25.7 Å². The minimum atomic E-state index is 0. The number of nitrogens with one attached hydrogen (secondary N) is 2. The van der Waals surface area contributed by atoms with E-state index in [9.17, 15) is 5.26 Å². The van der Waals surface area contributed by atoms with Gasteiger partial charge in [-0.2, -0.15) is 10.4 Å². The van der Waals surface area contributed by atoms with E-state index < -0.39 is 0 Å². The average Bonchev–Trinajstić information content (AvgIpc) is 3.14. The van der Waals surface area contributed by atoms with E-state index >= 15 is 0 Å². The minimum Gasteiger partial charge on any atom is -0.382 e. The zero-order valence-corrected chi connectivity index (χ0v) is 20.6. The molecule has 8 heteroatoms. The molecule has 0 aliphatic heterocycles. The largest absolute Gasteiger partial charge is 0.382 e. The van der Waals surface area contributed by atoms with E-state index in [0.717, 1.165) is 49.7 Å². The Kier molecular flexibility index (Phi) is 10.5. The second-order valence-corrected chi connectivity index (χ2v) is 7.18. The summed E-state index contributed by atoms with van der Waals surface area (Å²) in [7, 11) is 1.77. The summed E-state index contributed by atoms with van der Waals surface area (Å²) < 4.78 is 1.63. The first-order valence-electron chi connectivity index (χ1n) is 10.5. The van der Waals surface area contributed by atoms with E-state index in [1.807, 2.05) is 36.4 Å². The Morgan fingerprint density at radius 3 is 2.19 bits per heavy atom. The molecule has 0 unspecified atom stereocenters. The predicted octanol–water partition coefficient (Wildman–Crippen LogP) is 3.67. The van der Waals surface area contributed by atoms with Gasteiger partial charge in [-0.25, -0.2) is 4.68 Å². The Morgan fingerprint density at radius 2 is 1.59 bits per heavy atom. The monoisotopic (exact) mass is 543 g/mol. The topological polar surface area (TPSA) is 104 Å². The molecule has 3 rings (SSSR count). The van der Waals surface area contributed by atoms with Crippen LogP contribution in [0, 0.1) is 11.3 Å². The summed E-state index contributed by atoms with van der Waals surface area (Å²) in [6.45, 7) is 1.58. The van der Waals surface area contributed by atoms with Crippen LogP contribution in [0.3, 0.4) is 0 Å². The van der Waals surface area contributed by atoms with E-state index in [1.165, 1.54) is 5.56 Å². The number of hydrogen-bond donors (Lipinski definition) is 3. The summed E-state index contributed by atoms with van der Waals surface area (Å²) in [5.41, 5.74) is 9.52. The van der Waals surface area contributed by atoms with Gasteiger partial charge >= 0.3 is 0 Å². The van der Waals surface area contributed by atoms with Crippen LogP contribution in [0.25, 0.3) is 5.69 Å². The lowest BCUT2D eigenvalue weighted by Gasteiger charge is -2.11. The number of rotatable bonds is 9. The molecule has 0 saturated heterocycles. The number of aliphatic imine (C=N–C) groups is 1. The summed E-state index contributed by atoms with van der Waals surface area (Å²) in [4.78, 5) is 4.27. The number of benzene rings is 2. The quantitative estimate of drug-likeness (QED) is 0.165. The molecule has 0 bridgehead atoms. The zero-order chi connectivity index (χ0) is 21.9. The van der Waals surface area contributed by atoms with Crippen LogP contribution in [0.15, 0.2) is 65.7 Å². The number of para-hydroxylation sites is 1. The van der Waals surface area contributed by atoms with Crippen molar-refractivity contribution in [3.63, 3.8) is 0 Å². The van der Waals surface area contributed by atoms with Gasteiger partial charge in [0, 0.05) is 20.1 Å². The van der Waals surface area contributed by atoms with Gasteiger partial charge in [0.15, 0.2) is 5.96 Å². The van der Waals surface area contributed by atoms with E-state index in [1.54, 1.807) is 11.7 Å². The maximum atomic E-state index is 9.52. The van der Waals surface area contributed by atoms with Crippen LogP contribution in [-0.4, -0.2) is 35.9 Å². The Balaban J connectivity index is 0.00000363. The van der Waals surface area contributed by atoms with Gasteiger partial charge in [-0.3, -0.25) is 4.99 Å². The lowest BCUT2D eigenvalue weighted by molar-refractivity contribution is 0.707. The Bertz CT molecular complexity index is 1020. The number of aromatic nitrogens is 2. The summed E-state index contributed by atoms with van der Waals surface area (Å²) in [6.07, 6.45) is 3.54. The molecule has 1 heterocycles. The molecule has 0 aliphatic carbocycles. The molecule has 2 aromatic carbocycles. The number of anilines is 1. The fraction of sp³-hybridized carbons (Fsp3) is 0.292. The first-order valence-corrected chi connectivity index (χ1v) is 10.5. The van der Waals surface area contributed by atoms with E-state index in [2.05, 4.69) is 51.1 Å². The first kappa shape index (κ1) is 25.2. The minimum absolute atomic E-state index is 0. The molecule has 0 fully saturated rings. The SMILES string of the molecule is CN=C(NCCCc1ccccc1)NCCCc1nn(-c2ccccc2)c(N)c1C#N.I. The van der Waals surface area contributed by atoms with Gasteiger partial charge < -0.3 is 16.4 Å². The molecule has 0 aliphatic rings. The third kappa shape index (κ3) is 6.99. The van der Waals surface area contributed by atoms with E-state index in [4.69, 9.17) is 5.73 Å². The Morgan fingerprint density at radius 1 is 1.00 bits per heavy atom. The molecule has 4 N–H and O–H groups in total. The third-order valence-corrected chi connectivity index (χ3v) is 4.99. The molecule has 0 amide bonds. The molecular weight excluding hydrogens is 513 g/mol. The van der Waals surface area contributed by atoms with E-state index in [0.29, 0.717) is 17.8 Å². The number of halogens is 1. The molecule has 1 aromatic heterocycles. The van der Waals surface area contributed by atoms with Crippen LogP contribution in [0.1, 0.15) is 29.7 Å². The highest BCUT2D eigenvalue weighted by molar-refractivity contribution is 14.0. The van der Waals surface area contributed by atoms with Crippen molar-refractivity contribution < 1.29 is 0 Å². The van der Waals surface area contributed by atoms with Crippen molar-refractivity contribution in [2.24, 2.45) is 4.99 Å². The van der Waals surface area contributed by atoms with E-state index in [-0.39, 0.29) is 24.0 Å². The number of nitrogens with zero attached hydrogens (tertiary/aromatic N) is 4. The maximum absolute atomic E-state index is 9.52. The highest BCUT2D eigenvalue weighted by Gasteiger charge is 2.16. The number of aryl methyl sites for hydroxylation is 2. The van der Waals surface area contributed by atoms with Crippen LogP contribution in [0.5, 0.6) is 0 Å². The molecule has 3 aromatic rings. The number of hydrogen-bond acceptors (Lipinski definition) is 4. The smallest absolute Gasteiger partial charge is 0.190 e. The molecule has 7 nitrogen and oxygen atoms in total. The van der Waals surface area contributed by atoms with Gasteiger partial charge in [0.2, 0.25) is 0 Å². The second kappa shape index (κ2) is 13.4. The van der Waals surface area contributed by atoms with Crippen LogP contribution >= 0.6 is 24.0 Å². The van der Waals surface area contributed by atoms with Crippen LogP contribution in [0.2, 0.25) is 0 Å². The third-order valence-electron chi connectivity index (χ3n) is 4.99. The van der Waals surface area contributed by atoms with Crippen molar-refractivity contribution >= 4 is 35.8 Å². The summed E-state index contributed by atoms with van der Waals surface area (Å²) >= 11 is 0. The molecule has 0 saturated carbocycles. The van der Waals surface area contributed by atoms with Gasteiger partial charge in [0.05, 0.1) is 11.4 Å². The first-order chi connectivity index (χ1) is 15.2. The van der Waals surface area contributed by atoms with Crippen molar-refractivity contribution in [1.29, 1.82) is 5.26 Å². The van der Waals surface area contributed by atoms with Gasteiger partial charge in [-0.1, -0.05) is 48.5 Å². The van der Waals surface area contributed by atoms with Crippen molar-refractivity contribution in [3.05, 3.63) is 77.5 Å². The zero-order valence-electron chi connectivity index (χ0n) is 18.3. The number of guanidine groups is 1. The standard InChI is InChI=1S/C24H29N7.HI/c1-27-24(28-16-8-12-19-10-4-2-5-11-19)29-17-9-15-22-21(18-25)23(26)31(30-22)20-13-6-3-7-14-20;/h2-7,10-11,13-14H,8-9,12,15-17,26H2,1H3,(H2,27,28,29);1H. The van der Waals surface area contributed by atoms with Crippen LogP contribution in [-0.2, 0) is 12.8 Å². The summed E-state index contributed by atoms with van der Waals surface area (Å²) in [5.74, 6) is 1.16. The molecule has 32 heavy (non-hydrogen) atoms. The van der Waals surface area contributed by atoms with Crippen molar-refractivity contribution in [1.82, 2.24) is 20.4 Å². The lowest BCUT2D eigenvalue weighted by atomic mass is 10.1. The molecule has 0 spiro atoms. The fourth-order valence-corrected chi connectivity index (χ4v) is 3.37. The highest BCUT2D eigenvalue weighted by atomic mass is 127. The fourth-order valence-electron chi connectivity index (χ4n) is 3.37. The normalized spacial score (nSPS) is 10.8. The average molecular weight is 543 g/mol. The Labute approximate surface area is 206 Å². The lowest BCUT2D eigenvalue weighted by Crippen LogP contribution is -2.38. The molecule has 168 valence electrons. The molecule has 0 radical (unpaired) electrons. The number of nitrogens with two attached hydrogens (primary N) is 1. The van der Waals surface area contributed by atoms with Crippen LogP contribution < -0.4 is 16.4 Å². The number of nitrogen functional groups attached to an aromatic ring is 1. The predicted molar refractivity (Wildman–Crippen MR) is 141 cm³/mol. The second-order valence-electron chi connectivity index (χ2n) is 7.18. The van der Waals surface area contributed by atoms with Gasteiger partial charge in [-0.05, 0) is 43.4 Å². The molecule has 0 atom stereocenters. The number of nitriles is 1. The summed E-state index contributed by atoms with van der Waals surface area (Å²) in [5, 5.41) is 20.8. The Hall–Kier alpha value is -3.06. The van der Waals surface area contributed by atoms with Crippen LogP contribution in [0.4, 0.5) is 5.82 Å². The molecular formula is C24H30IN7. The van der Waals surface area contributed by atoms with Gasteiger partial charge in [0.25, 0.3) is 0 Å². The van der Waals surface area contributed by atoms with Crippen molar-refractivity contribution in [3.8, 4) is 11.8 Å². The van der Waals surface area contributed by atoms with Crippen molar-refractivity contribution in [2.75, 3.05) is 25.9 Å². The highest BCUT2D eigenvalue weighted by Crippen LogP contribution is 2.21. The van der Waals surface area contributed by atoms with Gasteiger partial charge in [0.1, 0.15) is 17.5 Å². The van der Waals surface area contributed by atoms with Gasteiger partial charge in [-0.15, -0.1) is 24.0 Å². The summed E-state index contributed by atoms with van der Waals surface area (Å²) in [6, 6.07) is 22.3.